The Hall–Kier alpha value is -1.68. The summed E-state index contributed by atoms with van der Waals surface area (Å²) in [6.45, 7) is 5.03. The van der Waals surface area contributed by atoms with Crippen LogP contribution < -0.4 is 5.32 Å². The highest BCUT2D eigenvalue weighted by atomic mass is 15.1. The third-order valence-corrected chi connectivity index (χ3v) is 3.04. The summed E-state index contributed by atoms with van der Waals surface area (Å²) in [4.78, 5) is 8.56. The van der Waals surface area contributed by atoms with E-state index in [2.05, 4.69) is 33.7 Å². The lowest BCUT2D eigenvalue weighted by atomic mass is 10.0. The second-order valence-corrected chi connectivity index (χ2v) is 4.60. The van der Waals surface area contributed by atoms with Crippen molar-refractivity contribution in [1.82, 2.24) is 19.9 Å². The Kier molecular flexibility index (Phi) is 3.24. The van der Waals surface area contributed by atoms with Gasteiger partial charge in [0, 0.05) is 6.20 Å². The van der Waals surface area contributed by atoms with E-state index in [0.29, 0.717) is 0 Å². The van der Waals surface area contributed by atoms with Gasteiger partial charge < -0.3 is 9.88 Å². The van der Waals surface area contributed by atoms with Gasteiger partial charge in [-0.15, -0.1) is 0 Å². The van der Waals surface area contributed by atoms with Crippen LogP contribution in [0.15, 0.2) is 36.9 Å². The lowest BCUT2D eigenvalue weighted by Crippen LogP contribution is -2.35. The number of imidazole rings is 1. The first-order chi connectivity index (χ1) is 8.13. The normalized spacial score (nSPS) is 11.7. The molecule has 90 valence electrons. The summed E-state index contributed by atoms with van der Waals surface area (Å²) in [6.07, 6.45) is 5.57. The smallest absolute Gasteiger partial charge is 0.0952 e. The maximum Gasteiger partial charge on any atom is 0.0952 e. The molecular weight excluding hydrogens is 212 g/mol. The van der Waals surface area contributed by atoms with E-state index in [4.69, 9.17) is 0 Å². The minimum Gasteiger partial charge on any atom is -0.327 e. The van der Waals surface area contributed by atoms with Gasteiger partial charge in [-0.3, -0.25) is 4.98 Å². The zero-order valence-corrected chi connectivity index (χ0v) is 10.5. The fourth-order valence-corrected chi connectivity index (χ4v) is 1.76. The molecule has 0 spiro atoms. The molecule has 0 aliphatic rings. The minimum atomic E-state index is -0.0920. The molecule has 0 aromatic carbocycles. The summed E-state index contributed by atoms with van der Waals surface area (Å²) in [5, 5.41) is 3.29. The molecule has 4 heteroatoms. The first-order valence-electron chi connectivity index (χ1n) is 5.73. The minimum absolute atomic E-state index is 0.0920. The molecule has 0 fully saturated rings. The Morgan fingerprint density at radius 2 is 2.18 bits per heavy atom. The van der Waals surface area contributed by atoms with Crippen LogP contribution >= 0.6 is 0 Å². The Morgan fingerprint density at radius 3 is 2.82 bits per heavy atom. The molecule has 17 heavy (non-hydrogen) atoms. The van der Waals surface area contributed by atoms with E-state index in [-0.39, 0.29) is 5.54 Å². The van der Waals surface area contributed by atoms with E-state index < -0.39 is 0 Å². The summed E-state index contributed by atoms with van der Waals surface area (Å²) in [7, 11) is 1.96. The van der Waals surface area contributed by atoms with Crippen molar-refractivity contribution in [3.8, 4) is 0 Å². The topological polar surface area (TPSA) is 42.7 Å². The van der Waals surface area contributed by atoms with E-state index in [9.17, 15) is 0 Å². The van der Waals surface area contributed by atoms with Gasteiger partial charge in [-0.1, -0.05) is 6.07 Å². The summed E-state index contributed by atoms with van der Waals surface area (Å²) >= 11 is 0. The first-order valence-corrected chi connectivity index (χ1v) is 5.73. The van der Waals surface area contributed by atoms with Crippen molar-refractivity contribution in [1.29, 1.82) is 0 Å². The Balaban J connectivity index is 2.26. The summed E-state index contributed by atoms with van der Waals surface area (Å²) in [5.41, 5.74) is 2.11. The molecule has 0 amide bonds. The molecule has 0 aliphatic heterocycles. The Bertz CT molecular complexity index is 473. The van der Waals surface area contributed by atoms with Gasteiger partial charge in [0.25, 0.3) is 0 Å². The average Bonchev–Trinajstić information content (AvgIpc) is 2.79. The van der Waals surface area contributed by atoms with E-state index >= 15 is 0 Å². The monoisotopic (exact) mass is 230 g/mol. The summed E-state index contributed by atoms with van der Waals surface area (Å²) in [5.74, 6) is 0. The maximum atomic E-state index is 4.33. The molecule has 0 radical (unpaired) electrons. The van der Waals surface area contributed by atoms with Crippen LogP contribution in [0.2, 0.25) is 0 Å². The highest BCUT2D eigenvalue weighted by molar-refractivity contribution is 5.13. The van der Waals surface area contributed by atoms with Gasteiger partial charge in [-0.25, -0.2) is 4.98 Å². The van der Waals surface area contributed by atoms with Crippen molar-refractivity contribution < 1.29 is 0 Å². The van der Waals surface area contributed by atoms with E-state index in [1.165, 1.54) is 0 Å². The van der Waals surface area contributed by atoms with Crippen LogP contribution in [0.5, 0.6) is 0 Å². The van der Waals surface area contributed by atoms with Crippen molar-refractivity contribution in [3.05, 3.63) is 48.3 Å². The van der Waals surface area contributed by atoms with Gasteiger partial charge >= 0.3 is 0 Å². The molecule has 2 aromatic rings. The number of hydrogen-bond donors (Lipinski definition) is 1. The molecule has 2 rings (SSSR count). The van der Waals surface area contributed by atoms with Crippen molar-refractivity contribution >= 4 is 0 Å². The predicted molar refractivity (Wildman–Crippen MR) is 67.7 cm³/mol. The third-order valence-electron chi connectivity index (χ3n) is 3.04. The van der Waals surface area contributed by atoms with Crippen LogP contribution in [-0.2, 0) is 12.1 Å². The average molecular weight is 230 g/mol. The fraction of sp³-hybridized carbons (Fsp3) is 0.385. The fourth-order valence-electron chi connectivity index (χ4n) is 1.76. The molecule has 0 atom stereocenters. The van der Waals surface area contributed by atoms with Crippen LogP contribution in [0.3, 0.4) is 0 Å². The molecule has 0 unspecified atom stereocenters. The van der Waals surface area contributed by atoms with Crippen molar-refractivity contribution in [3.63, 3.8) is 0 Å². The zero-order chi connectivity index (χ0) is 12.3. The van der Waals surface area contributed by atoms with Gasteiger partial charge in [-0.2, -0.15) is 0 Å². The molecule has 0 aliphatic carbocycles. The van der Waals surface area contributed by atoms with Crippen molar-refractivity contribution in [2.24, 2.45) is 0 Å². The highest BCUT2D eigenvalue weighted by Crippen LogP contribution is 2.19. The standard InChI is InChI=1S/C13H18N4/c1-13(2,14-3)12-8-15-10-17(12)9-11-6-4-5-7-16-11/h4-8,10,14H,9H2,1-3H3. The largest absolute Gasteiger partial charge is 0.327 e. The number of rotatable bonds is 4. The van der Waals surface area contributed by atoms with Crippen LogP contribution in [0, 0.1) is 0 Å². The number of hydrogen-bond acceptors (Lipinski definition) is 3. The van der Waals surface area contributed by atoms with Gasteiger partial charge in [0.2, 0.25) is 0 Å². The van der Waals surface area contributed by atoms with E-state index in [1.807, 2.05) is 44.0 Å². The molecule has 0 bridgehead atoms. The van der Waals surface area contributed by atoms with Crippen LogP contribution in [0.4, 0.5) is 0 Å². The van der Waals surface area contributed by atoms with Gasteiger partial charge in [-0.05, 0) is 33.0 Å². The van der Waals surface area contributed by atoms with Crippen LogP contribution in [0.1, 0.15) is 25.2 Å². The number of nitrogens with zero attached hydrogens (tertiary/aromatic N) is 3. The predicted octanol–water partition coefficient (Wildman–Crippen LogP) is 1.78. The Labute approximate surface area is 102 Å². The van der Waals surface area contributed by atoms with Gasteiger partial charge in [0.15, 0.2) is 0 Å². The van der Waals surface area contributed by atoms with Crippen molar-refractivity contribution in [2.75, 3.05) is 7.05 Å². The Morgan fingerprint density at radius 1 is 1.35 bits per heavy atom. The van der Waals surface area contributed by atoms with Crippen molar-refractivity contribution in [2.45, 2.75) is 25.9 Å². The molecule has 0 saturated carbocycles. The van der Waals surface area contributed by atoms with E-state index in [0.717, 1.165) is 17.9 Å². The molecule has 2 heterocycles. The summed E-state index contributed by atoms with van der Waals surface area (Å²) < 4.78 is 2.12. The SMILES string of the molecule is CNC(C)(C)c1cncn1Cc1ccccn1. The molecular formula is C13H18N4. The molecule has 1 N–H and O–H groups in total. The summed E-state index contributed by atoms with van der Waals surface area (Å²) in [6, 6.07) is 5.95. The van der Waals surface area contributed by atoms with E-state index in [1.54, 1.807) is 0 Å². The number of aromatic nitrogens is 3. The first kappa shape index (κ1) is 11.8. The lowest BCUT2D eigenvalue weighted by molar-refractivity contribution is 0.413. The molecule has 0 saturated heterocycles. The maximum absolute atomic E-state index is 4.33. The molecule has 4 nitrogen and oxygen atoms in total. The van der Waals surface area contributed by atoms with Gasteiger partial charge in [0.05, 0.1) is 36.0 Å². The third kappa shape index (κ3) is 2.53. The number of pyridine rings is 1. The second kappa shape index (κ2) is 4.67. The zero-order valence-electron chi connectivity index (χ0n) is 10.5. The van der Waals surface area contributed by atoms with Gasteiger partial charge in [0.1, 0.15) is 0 Å². The van der Waals surface area contributed by atoms with Crippen LogP contribution in [0.25, 0.3) is 0 Å². The second-order valence-electron chi connectivity index (χ2n) is 4.60. The van der Waals surface area contributed by atoms with Crippen LogP contribution in [-0.4, -0.2) is 21.6 Å². The number of nitrogens with one attached hydrogen (secondary N) is 1. The highest BCUT2D eigenvalue weighted by Gasteiger charge is 2.22. The molecule has 2 aromatic heterocycles. The lowest BCUT2D eigenvalue weighted by Gasteiger charge is -2.25. The quantitative estimate of drug-likeness (QED) is 0.870.